The van der Waals surface area contributed by atoms with Gasteiger partial charge in [0.05, 0.1) is 40.3 Å². The molecule has 0 amide bonds. The van der Waals surface area contributed by atoms with E-state index in [1.165, 1.54) is 161 Å². The monoisotopic (exact) mass is 1110 g/mol. The largest absolute Gasteiger partial charge is 0.545 e. The predicted molar refractivity (Wildman–Crippen MR) is 334 cm³/mol. The number of likely N-dealkylation sites (N-methyl/N-ethyl adjacent to an activating group) is 1. The second kappa shape index (κ2) is 60.6. The summed E-state index contributed by atoms with van der Waals surface area (Å²) in [6.07, 6.45) is 78.0. The summed E-state index contributed by atoms with van der Waals surface area (Å²) in [5.74, 6) is -2.30. The smallest absolute Gasteiger partial charge is 0.306 e. The molecule has 9 nitrogen and oxygen atoms in total. The Hall–Kier alpha value is -3.53. The number of rotatable bonds is 60. The van der Waals surface area contributed by atoms with Gasteiger partial charge >= 0.3 is 11.9 Å². The van der Waals surface area contributed by atoms with E-state index in [0.29, 0.717) is 17.4 Å². The fourth-order valence-corrected chi connectivity index (χ4v) is 9.12. The molecular formula is C70H123NO8. The summed E-state index contributed by atoms with van der Waals surface area (Å²) >= 11 is 0. The molecule has 0 rings (SSSR count). The highest BCUT2D eigenvalue weighted by molar-refractivity contribution is 5.70. The van der Waals surface area contributed by atoms with Gasteiger partial charge in [0.2, 0.25) is 0 Å². The van der Waals surface area contributed by atoms with Gasteiger partial charge in [-0.2, -0.15) is 0 Å². The van der Waals surface area contributed by atoms with Crippen LogP contribution >= 0.6 is 0 Å². The third-order valence-electron chi connectivity index (χ3n) is 14.1. The average molecular weight is 1110 g/mol. The fraction of sp³-hybridized carbons (Fsp3) is 0.757. The summed E-state index contributed by atoms with van der Waals surface area (Å²) in [5.41, 5.74) is 0. The van der Waals surface area contributed by atoms with E-state index in [-0.39, 0.29) is 38.6 Å². The average Bonchev–Trinajstić information content (AvgIpc) is 3.42. The molecule has 79 heavy (non-hydrogen) atoms. The lowest BCUT2D eigenvalue weighted by atomic mass is 10.0. The van der Waals surface area contributed by atoms with Crippen molar-refractivity contribution in [3.63, 3.8) is 0 Å². The fourth-order valence-electron chi connectivity index (χ4n) is 9.12. The topological polar surface area (TPSA) is 111 Å². The van der Waals surface area contributed by atoms with Crippen molar-refractivity contribution in [2.45, 2.75) is 296 Å². The molecular weight excluding hydrogens is 983 g/mol. The number of carboxylic acid groups (broad SMARTS) is 1. The highest BCUT2D eigenvalue weighted by Crippen LogP contribution is 2.17. The highest BCUT2D eigenvalue weighted by Gasteiger charge is 2.22. The van der Waals surface area contributed by atoms with Gasteiger partial charge in [-0.05, 0) is 89.9 Å². The van der Waals surface area contributed by atoms with Crippen LogP contribution in [0.3, 0.4) is 0 Å². The Morgan fingerprint density at radius 2 is 0.722 bits per heavy atom. The number of hydrogen-bond donors (Lipinski definition) is 0. The Labute approximate surface area is 487 Å². The molecule has 0 fully saturated rings. The number of nitrogens with zero attached hydrogens (tertiary/aromatic N) is 1. The molecule has 9 heteroatoms. The third kappa shape index (κ3) is 61.9. The Kier molecular flexibility index (Phi) is 57.9. The number of carbonyl (C=O) groups excluding carboxylic acids is 3. The molecule has 0 aromatic heterocycles. The molecule has 0 aliphatic heterocycles. The number of unbranched alkanes of at least 4 members (excludes halogenated alkanes) is 31. The summed E-state index contributed by atoms with van der Waals surface area (Å²) in [4.78, 5) is 37.4. The second-order valence-corrected chi connectivity index (χ2v) is 23.0. The number of carboxylic acids is 1. The van der Waals surface area contributed by atoms with E-state index in [1.54, 1.807) is 0 Å². The third-order valence-corrected chi connectivity index (χ3v) is 14.1. The van der Waals surface area contributed by atoms with Gasteiger partial charge in [-0.15, -0.1) is 0 Å². The Morgan fingerprint density at radius 1 is 0.392 bits per heavy atom. The molecule has 0 heterocycles. The molecule has 0 aromatic carbocycles. The maximum atomic E-state index is 12.9. The predicted octanol–water partition coefficient (Wildman–Crippen LogP) is 18.6. The number of aliphatic carboxylic acids is 1. The summed E-state index contributed by atoms with van der Waals surface area (Å²) in [5, 5.41) is 11.8. The van der Waals surface area contributed by atoms with Crippen molar-refractivity contribution in [1.29, 1.82) is 0 Å². The van der Waals surface area contributed by atoms with Gasteiger partial charge in [-0.3, -0.25) is 9.59 Å². The van der Waals surface area contributed by atoms with Crippen LogP contribution in [-0.4, -0.2) is 82.3 Å². The minimum atomic E-state index is -1.63. The molecule has 2 atom stereocenters. The summed E-state index contributed by atoms with van der Waals surface area (Å²) in [6.45, 7) is 4.62. The van der Waals surface area contributed by atoms with Crippen LogP contribution in [0.25, 0.3) is 0 Å². The van der Waals surface area contributed by atoms with Crippen molar-refractivity contribution in [1.82, 2.24) is 0 Å². The standard InChI is InChI=1S/C70H123NO8/c1-6-8-10-12-14-16-18-20-22-24-26-28-29-30-31-32-33-34-35-36-37-38-39-41-42-44-46-48-50-52-54-56-58-60-67(72)77-64-66(65-78-70(69(74)75)76-63-62-71(3,4)5)79-68(73)61-59-57-55-53-51-49-47-45-43-40-27-25-23-21-19-17-15-13-11-9-7-2/h9,11,15,17-18,20-21,23-24,26-27,40,45,47,66,70H,6-8,10,12-14,16,19,22,25,28-39,41-44,46,48-65H2,1-5H3/b11-9-,17-15-,20-18-,23-21-,26-24-,40-27-,47-45-. The van der Waals surface area contributed by atoms with Crippen molar-refractivity contribution < 1.29 is 42.9 Å². The van der Waals surface area contributed by atoms with Gasteiger partial charge in [0.25, 0.3) is 0 Å². The molecule has 0 saturated heterocycles. The first-order valence-electron chi connectivity index (χ1n) is 32.7. The lowest BCUT2D eigenvalue weighted by molar-refractivity contribution is -0.870. The van der Waals surface area contributed by atoms with Gasteiger partial charge in [-0.1, -0.05) is 266 Å². The first-order chi connectivity index (χ1) is 38.6. The maximum absolute atomic E-state index is 12.9. The lowest BCUT2D eigenvalue weighted by Crippen LogP contribution is -2.44. The quantitative estimate of drug-likeness (QED) is 0.0195. The van der Waals surface area contributed by atoms with Gasteiger partial charge in [0, 0.05) is 12.8 Å². The molecule has 0 spiro atoms. The molecule has 0 aromatic rings. The van der Waals surface area contributed by atoms with Gasteiger partial charge in [0.15, 0.2) is 12.4 Å². The van der Waals surface area contributed by atoms with Crippen molar-refractivity contribution in [2.75, 3.05) is 47.5 Å². The normalized spacial score (nSPS) is 13.3. The zero-order chi connectivity index (χ0) is 57.6. The number of allylic oxidation sites excluding steroid dienone is 14. The van der Waals surface area contributed by atoms with Crippen LogP contribution in [0, 0.1) is 0 Å². The van der Waals surface area contributed by atoms with Crippen LogP contribution in [0.15, 0.2) is 85.1 Å². The van der Waals surface area contributed by atoms with Crippen LogP contribution in [0.2, 0.25) is 0 Å². The highest BCUT2D eigenvalue weighted by atomic mass is 16.7. The second-order valence-electron chi connectivity index (χ2n) is 23.0. The Balaban J connectivity index is 4.12. The van der Waals surface area contributed by atoms with E-state index >= 15 is 0 Å². The minimum absolute atomic E-state index is 0.141. The Morgan fingerprint density at radius 3 is 1.08 bits per heavy atom. The van der Waals surface area contributed by atoms with E-state index in [2.05, 4.69) is 98.9 Å². The number of hydrogen-bond acceptors (Lipinski definition) is 8. The van der Waals surface area contributed by atoms with Crippen LogP contribution in [-0.2, 0) is 33.3 Å². The molecule has 0 aliphatic rings. The number of ether oxygens (including phenoxy) is 4. The number of quaternary nitrogens is 1. The molecule has 0 radical (unpaired) electrons. The summed E-state index contributed by atoms with van der Waals surface area (Å²) < 4.78 is 22.7. The van der Waals surface area contributed by atoms with Crippen LogP contribution in [0.4, 0.5) is 0 Å². The molecule has 2 unspecified atom stereocenters. The SMILES string of the molecule is CC/C=C\C/C=C\C/C=C\C/C=C\C/C=C\CCCCCCCC(=O)OC(COC(=O)CCCCCCCCCCCCCCCCCCCCCCC/C=C\C/C=C\CCCCCCC)COC(OCC[N+](C)(C)C)C(=O)[O-]. The van der Waals surface area contributed by atoms with Crippen LogP contribution < -0.4 is 5.11 Å². The zero-order valence-electron chi connectivity index (χ0n) is 52.0. The minimum Gasteiger partial charge on any atom is -0.545 e. The first-order valence-corrected chi connectivity index (χ1v) is 32.7. The number of carbonyl (C=O) groups is 3. The Bertz CT molecular complexity index is 1570. The van der Waals surface area contributed by atoms with Crippen molar-refractivity contribution >= 4 is 17.9 Å². The van der Waals surface area contributed by atoms with E-state index < -0.39 is 24.3 Å². The van der Waals surface area contributed by atoms with E-state index in [9.17, 15) is 19.5 Å². The first kappa shape index (κ1) is 75.5. The van der Waals surface area contributed by atoms with E-state index in [0.717, 1.165) is 89.9 Å². The summed E-state index contributed by atoms with van der Waals surface area (Å²) in [6, 6.07) is 0. The van der Waals surface area contributed by atoms with E-state index in [4.69, 9.17) is 18.9 Å². The van der Waals surface area contributed by atoms with Crippen molar-refractivity contribution in [3.8, 4) is 0 Å². The van der Waals surface area contributed by atoms with Gasteiger partial charge in [-0.25, -0.2) is 0 Å². The van der Waals surface area contributed by atoms with Crippen molar-refractivity contribution in [2.24, 2.45) is 0 Å². The number of esters is 2. The molecule has 0 N–H and O–H groups in total. The molecule has 456 valence electrons. The van der Waals surface area contributed by atoms with Crippen LogP contribution in [0.1, 0.15) is 284 Å². The van der Waals surface area contributed by atoms with Crippen LogP contribution in [0.5, 0.6) is 0 Å². The molecule has 0 aliphatic carbocycles. The summed E-state index contributed by atoms with van der Waals surface area (Å²) in [7, 11) is 5.92. The van der Waals surface area contributed by atoms with Gasteiger partial charge in [0.1, 0.15) is 13.2 Å². The molecule has 0 bridgehead atoms. The maximum Gasteiger partial charge on any atom is 0.306 e. The van der Waals surface area contributed by atoms with Crippen molar-refractivity contribution in [3.05, 3.63) is 85.1 Å². The molecule has 0 saturated carbocycles. The lowest BCUT2D eigenvalue weighted by Gasteiger charge is -2.26. The van der Waals surface area contributed by atoms with Gasteiger partial charge < -0.3 is 33.3 Å². The van der Waals surface area contributed by atoms with E-state index in [1.807, 2.05) is 21.1 Å². The zero-order valence-corrected chi connectivity index (χ0v) is 52.0.